The van der Waals surface area contributed by atoms with Crippen LogP contribution in [0.25, 0.3) is 0 Å². The number of hydrogen-bond acceptors (Lipinski definition) is 5. The highest BCUT2D eigenvalue weighted by molar-refractivity contribution is 7.99. The number of hydrogen-bond donors (Lipinski definition) is 0. The average Bonchev–Trinajstić information content (AvgIpc) is 3.15. The van der Waals surface area contributed by atoms with E-state index in [-0.39, 0.29) is 0 Å². The second-order valence-electron chi connectivity index (χ2n) is 5.65. The van der Waals surface area contributed by atoms with E-state index in [2.05, 4.69) is 50.8 Å². The van der Waals surface area contributed by atoms with Crippen molar-refractivity contribution in [2.24, 2.45) is 7.05 Å². The van der Waals surface area contributed by atoms with Gasteiger partial charge in [0, 0.05) is 36.7 Å². The predicted molar refractivity (Wildman–Crippen MR) is 93.5 cm³/mol. The minimum atomic E-state index is 0.490. The lowest BCUT2D eigenvalue weighted by Gasteiger charge is -2.31. The normalized spacial score (nSPS) is 19.4. The van der Waals surface area contributed by atoms with Crippen LogP contribution in [0.2, 0.25) is 0 Å². The van der Waals surface area contributed by atoms with Gasteiger partial charge < -0.3 is 4.57 Å². The van der Waals surface area contributed by atoms with Crippen LogP contribution in [-0.2, 0) is 13.6 Å². The minimum absolute atomic E-state index is 0.490. The van der Waals surface area contributed by atoms with Crippen molar-refractivity contribution in [2.45, 2.75) is 30.5 Å². The van der Waals surface area contributed by atoms with Crippen LogP contribution in [-0.4, -0.2) is 38.5 Å². The number of likely N-dealkylation sites (tertiary alicyclic amines) is 1. The van der Waals surface area contributed by atoms with Gasteiger partial charge in [0.2, 0.25) is 0 Å². The van der Waals surface area contributed by atoms with Crippen LogP contribution < -0.4 is 0 Å². The third-order valence-electron chi connectivity index (χ3n) is 4.03. The van der Waals surface area contributed by atoms with Crippen molar-refractivity contribution in [3.05, 3.63) is 40.9 Å². The van der Waals surface area contributed by atoms with E-state index in [1.165, 1.54) is 24.3 Å². The van der Waals surface area contributed by atoms with Crippen molar-refractivity contribution in [2.75, 3.05) is 18.8 Å². The molecule has 1 saturated heterocycles. The Morgan fingerprint density at radius 1 is 1.50 bits per heavy atom. The molecule has 2 aromatic rings. The van der Waals surface area contributed by atoms with Gasteiger partial charge in [-0.25, -0.2) is 0 Å². The predicted octanol–water partition coefficient (Wildman–Crippen LogP) is 3.53. The summed E-state index contributed by atoms with van der Waals surface area (Å²) in [4.78, 5) is 3.99. The van der Waals surface area contributed by atoms with Gasteiger partial charge in [0.1, 0.15) is 5.82 Å². The molecule has 0 bridgehead atoms. The molecule has 1 fully saturated rings. The molecule has 4 nitrogen and oxygen atoms in total. The van der Waals surface area contributed by atoms with Crippen molar-refractivity contribution < 1.29 is 0 Å². The molecule has 3 heterocycles. The van der Waals surface area contributed by atoms with Gasteiger partial charge >= 0.3 is 0 Å². The van der Waals surface area contributed by atoms with Crippen molar-refractivity contribution in [3.63, 3.8) is 0 Å². The van der Waals surface area contributed by atoms with Gasteiger partial charge in [0.05, 0.1) is 0 Å². The van der Waals surface area contributed by atoms with E-state index >= 15 is 0 Å². The molecule has 0 N–H and O–H groups in total. The van der Waals surface area contributed by atoms with Crippen LogP contribution in [0.3, 0.4) is 0 Å². The fraction of sp³-hybridized carbons (Fsp3) is 0.500. The second kappa shape index (κ2) is 7.44. The highest BCUT2D eigenvalue weighted by atomic mass is 32.2. The van der Waals surface area contributed by atoms with Crippen molar-refractivity contribution in [1.82, 2.24) is 19.7 Å². The van der Waals surface area contributed by atoms with Crippen molar-refractivity contribution >= 4 is 23.1 Å². The molecular weight excluding hydrogens is 312 g/mol. The maximum Gasteiger partial charge on any atom is 0.191 e. The second-order valence-corrected chi connectivity index (χ2v) is 7.67. The molecule has 3 rings (SSSR count). The lowest BCUT2D eigenvalue weighted by molar-refractivity contribution is 0.196. The fourth-order valence-electron chi connectivity index (χ4n) is 2.97. The molecule has 22 heavy (non-hydrogen) atoms. The summed E-state index contributed by atoms with van der Waals surface area (Å²) in [5, 5.41) is 11.9. The number of thioether (sulfide) groups is 1. The first-order chi connectivity index (χ1) is 10.8. The number of thiophene rings is 1. The van der Waals surface area contributed by atoms with Crippen LogP contribution in [0.4, 0.5) is 0 Å². The maximum absolute atomic E-state index is 4.46. The molecule has 2 aromatic heterocycles. The zero-order chi connectivity index (χ0) is 15.4. The zero-order valence-electron chi connectivity index (χ0n) is 12.9. The fourth-order valence-corrected chi connectivity index (χ4v) is 4.37. The summed E-state index contributed by atoms with van der Waals surface area (Å²) in [6, 6.07) is 4.35. The molecule has 118 valence electrons. The topological polar surface area (TPSA) is 34.0 Å². The van der Waals surface area contributed by atoms with Crippen LogP contribution >= 0.6 is 23.1 Å². The lowest BCUT2D eigenvalue weighted by Crippen LogP contribution is -2.34. The number of rotatable bonds is 6. The molecule has 6 heteroatoms. The van der Waals surface area contributed by atoms with Gasteiger partial charge in [0.15, 0.2) is 5.16 Å². The third kappa shape index (κ3) is 3.62. The Hall–Kier alpha value is -1.11. The number of aromatic nitrogens is 3. The Morgan fingerprint density at radius 3 is 3.18 bits per heavy atom. The van der Waals surface area contributed by atoms with Gasteiger partial charge in [0.25, 0.3) is 0 Å². The van der Waals surface area contributed by atoms with E-state index in [1.54, 1.807) is 11.8 Å². The van der Waals surface area contributed by atoms with Crippen molar-refractivity contribution in [1.29, 1.82) is 0 Å². The first kappa shape index (κ1) is 15.8. The smallest absolute Gasteiger partial charge is 0.191 e. The molecule has 0 radical (unpaired) electrons. The number of piperidine rings is 1. The molecule has 0 saturated carbocycles. The molecule has 1 aliphatic rings. The van der Waals surface area contributed by atoms with Crippen LogP contribution in [0.15, 0.2) is 35.3 Å². The van der Waals surface area contributed by atoms with E-state index in [1.807, 2.05) is 17.4 Å². The molecule has 1 atom stereocenters. The van der Waals surface area contributed by atoms with Gasteiger partial charge in [-0.1, -0.05) is 23.9 Å². The number of nitrogens with zero attached hydrogens (tertiary/aromatic N) is 4. The summed E-state index contributed by atoms with van der Waals surface area (Å²) in [5.74, 6) is 2.49. The lowest BCUT2D eigenvalue weighted by atomic mass is 9.97. The quantitative estimate of drug-likeness (QED) is 0.598. The first-order valence-electron chi connectivity index (χ1n) is 7.65. The Morgan fingerprint density at radius 2 is 2.41 bits per heavy atom. The zero-order valence-corrected chi connectivity index (χ0v) is 14.6. The molecule has 1 aliphatic heterocycles. The van der Waals surface area contributed by atoms with E-state index < -0.39 is 0 Å². The van der Waals surface area contributed by atoms with Gasteiger partial charge in [-0.2, -0.15) is 0 Å². The molecule has 0 amide bonds. The maximum atomic E-state index is 4.46. The largest absolute Gasteiger partial charge is 0.309 e. The Kier molecular flexibility index (Phi) is 5.33. The van der Waals surface area contributed by atoms with Gasteiger partial charge in [-0.05, 0) is 30.8 Å². The van der Waals surface area contributed by atoms with E-state index in [0.717, 1.165) is 29.8 Å². The summed E-state index contributed by atoms with van der Waals surface area (Å²) in [6.07, 6.45) is 4.35. The van der Waals surface area contributed by atoms with Crippen LogP contribution in [0, 0.1) is 0 Å². The summed E-state index contributed by atoms with van der Waals surface area (Å²) in [5.41, 5.74) is 0. The summed E-state index contributed by atoms with van der Waals surface area (Å²) in [7, 11) is 2.08. The minimum Gasteiger partial charge on any atom is -0.309 e. The Bertz CT molecular complexity index is 606. The molecular formula is C16H22N4S2. The molecule has 0 aliphatic carbocycles. The highest BCUT2D eigenvalue weighted by Crippen LogP contribution is 2.28. The molecule has 0 spiro atoms. The van der Waals surface area contributed by atoms with Gasteiger partial charge in [-0.3, -0.25) is 4.90 Å². The molecule has 0 unspecified atom stereocenters. The average molecular weight is 335 g/mol. The summed E-state index contributed by atoms with van der Waals surface area (Å²) in [6.45, 7) is 7.09. The standard InChI is InChI=1S/C16H22N4S2/c1-3-9-22-16-18-17-15(19(16)2)13-6-4-8-20(11-13)12-14-7-5-10-21-14/h3,5,7,10,13H,1,4,6,8-9,11-12H2,2H3/t13-/m1/s1. The van der Waals surface area contributed by atoms with Crippen LogP contribution in [0.1, 0.15) is 29.5 Å². The van der Waals surface area contributed by atoms with E-state index in [0.29, 0.717) is 5.92 Å². The van der Waals surface area contributed by atoms with Gasteiger partial charge in [-0.15, -0.1) is 28.1 Å². The van der Waals surface area contributed by atoms with E-state index in [4.69, 9.17) is 0 Å². The highest BCUT2D eigenvalue weighted by Gasteiger charge is 2.26. The Labute approximate surface area is 140 Å². The summed E-state index contributed by atoms with van der Waals surface area (Å²) < 4.78 is 2.16. The Balaban J connectivity index is 1.66. The van der Waals surface area contributed by atoms with E-state index in [9.17, 15) is 0 Å². The SMILES string of the molecule is C=CCSc1nnc([C@@H]2CCCN(Cc3cccs3)C2)n1C. The van der Waals surface area contributed by atoms with Crippen LogP contribution in [0.5, 0.6) is 0 Å². The molecule has 0 aromatic carbocycles. The first-order valence-corrected chi connectivity index (χ1v) is 9.52. The van der Waals surface area contributed by atoms with Crippen molar-refractivity contribution in [3.8, 4) is 0 Å². The monoisotopic (exact) mass is 334 g/mol. The third-order valence-corrected chi connectivity index (χ3v) is 5.91. The summed E-state index contributed by atoms with van der Waals surface area (Å²) >= 11 is 3.54.